The minimum atomic E-state index is 0.322. The van der Waals surface area contributed by atoms with E-state index >= 15 is 0 Å². The van der Waals surface area contributed by atoms with Crippen LogP contribution in [0.2, 0.25) is 0 Å². The molecule has 0 unspecified atom stereocenters. The number of amides is 1. The van der Waals surface area contributed by atoms with Crippen molar-refractivity contribution in [2.75, 3.05) is 18.8 Å². The summed E-state index contributed by atoms with van der Waals surface area (Å²) in [5.74, 6) is 1.32. The van der Waals surface area contributed by atoms with Crippen LogP contribution >= 0.6 is 0 Å². The number of nitrogens with two attached hydrogens (primary N) is 1. The highest BCUT2D eigenvalue weighted by atomic mass is 16.2. The van der Waals surface area contributed by atoms with Gasteiger partial charge in [0, 0.05) is 24.7 Å². The van der Waals surface area contributed by atoms with Gasteiger partial charge in [-0.1, -0.05) is 25.0 Å². The van der Waals surface area contributed by atoms with E-state index < -0.39 is 0 Å². The van der Waals surface area contributed by atoms with Crippen LogP contribution in [0.5, 0.6) is 0 Å². The normalized spacial score (nSPS) is 21.3. The summed E-state index contributed by atoms with van der Waals surface area (Å²) in [7, 11) is 0. The van der Waals surface area contributed by atoms with E-state index in [-0.39, 0.29) is 0 Å². The Morgan fingerprint density at radius 3 is 2.20 bits per heavy atom. The van der Waals surface area contributed by atoms with Crippen molar-refractivity contribution < 1.29 is 4.79 Å². The molecule has 1 aliphatic heterocycles. The van der Waals surface area contributed by atoms with Gasteiger partial charge >= 0.3 is 0 Å². The average Bonchev–Trinajstić information content (AvgIpc) is 3.02. The number of hydrogen-bond donors (Lipinski definition) is 1. The molecule has 1 heterocycles. The molecule has 0 radical (unpaired) electrons. The van der Waals surface area contributed by atoms with E-state index in [9.17, 15) is 4.79 Å². The molecule has 3 rings (SSSR count). The summed E-state index contributed by atoms with van der Waals surface area (Å²) in [6.07, 6.45) is 6.86. The maximum absolute atomic E-state index is 12.4. The van der Waals surface area contributed by atoms with Gasteiger partial charge in [0.25, 0.3) is 0 Å². The Kier molecular flexibility index (Phi) is 3.95. The lowest BCUT2D eigenvalue weighted by atomic mass is 9.89. The topological polar surface area (TPSA) is 46.3 Å². The molecule has 0 bridgehead atoms. The van der Waals surface area contributed by atoms with Crippen LogP contribution in [-0.2, 0) is 4.79 Å². The molecule has 1 aromatic rings. The molecule has 1 saturated heterocycles. The number of carbonyl (C=O) groups is 1. The number of nitrogen functional groups attached to an aromatic ring is 1. The van der Waals surface area contributed by atoms with Crippen LogP contribution in [0.15, 0.2) is 24.3 Å². The van der Waals surface area contributed by atoms with E-state index in [2.05, 4.69) is 17.0 Å². The Hall–Kier alpha value is -1.51. The molecule has 1 saturated carbocycles. The summed E-state index contributed by atoms with van der Waals surface area (Å²) in [6.45, 7) is 1.84. The Morgan fingerprint density at radius 2 is 1.60 bits per heavy atom. The predicted molar refractivity (Wildman–Crippen MR) is 81.4 cm³/mol. The lowest BCUT2D eigenvalue weighted by molar-refractivity contribution is -0.136. The number of hydrogen-bond acceptors (Lipinski definition) is 2. The van der Waals surface area contributed by atoms with Gasteiger partial charge < -0.3 is 10.6 Å². The zero-order valence-corrected chi connectivity index (χ0v) is 12.1. The third-order valence-electron chi connectivity index (χ3n) is 4.92. The Bertz CT molecular complexity index is 454. The number of carbonyl (C=O) groups excluding carboxylic acids is 1. The van der Waals surface area contributed by atoms with Crippen LogP contribution in [-0.4, -0.2) is 23.9 Å². The fourth-order valence-electron chi connectivity index (χ4n) is 3.63. The quantitative estimate of drug-likeness (QED) is 0.841. The zero-order chi connectivity index (χ0) is 13.9. The van der Waals surface area contributed by atoms with Crippen LogP contribution in [0.4, 0.5) is 5.69 Å². The van der Waals surface area contributed by atoms with Gasteiger partial charge in [-0.2, -0.15) is 0 Å². The second-order valence-electron chi connectivity index (χ2n) is 6.25. The standard InChI is InChI=1S/C17H24N2O/c18-16-7-5-13(6-8-16)14-9-11-19(12-10-14)17(20)15-3-1-2-4-15/h5-8,14-15H,1-4,9-12,18H2. The molecule has 0 aromatic heterocycles. The molecule has 2 aliphatic rings. The minimum Gasteiger partial charge on any atom is -0.399 e. The molecule has 1 aliphatic carbocycles. The molecule has 1 aromatic carbocycles. The first-order chi connectivity index (χ1) is 9.74. The van der Waals surface area contributed by atoms with E-state index in [1.165, 1.54) is 18.4 Å². The molecule has 3 heteroatoms. The third-order valence-corrected chi connectivity index (χ3v) is 4.92. The van der Waals surface area contributed by atoms with E-state index in [1.807, 2.05) is 12.1 Å². The molecular weight excluding hydrogens is 248 g/mol. The highest BCUT2D eigenvalue weighted by Crippen LogP contribution is 2.31. The van der Waals surface area contributed by atoms with Gasteiger partial charge in [-0.25, -0.2) is 0 Å². The number of piperidine rings is 1. The van der Waals surface area contributed by atoms with Gasteiger partial charge in [-0.05, 0) is 49.3 Å². The number of rotatable bonds is 2. The Balaban J connectivity index is 1.56. The first-order valence-corrected chi connectivity index (χ1v) is 7.88. The average molecular weight is 272 g/mol. The molecule has 3 nitrogen and oxygen atoms in total. The lowest BCUT2D eigenvalue weighted by Crippen LogP contribution is -2.40. The molecule has 2 N–H and O–H groups in total. The molecular formula is C17H24N2O. The van der Waals surface area contributed by atoms with Crippen molar-refractivity contribution in [2.24, 2.45) is 5.92 Å². The summed E-state index contributed by atoms with van der Waals surface area (Å²) in [5, 5.41) is 0. The van der Waals surface area contributed by atoms with E-state index in [4.69, 9.17) is 5.73 Å². The minimum absolute atomic E-state index is 0.322. The third kappa shape index (κ3) is 2.82. The van der Waals surface area contributed by atoms with Crippen LogP contribution in [0.25, 0.3) is 0 Å². The molecule has 2 fully saturated rings. The highest BCUT2D eigenvalue weighted by molar-refractivity contribution is 5.79. The van der Waals surface area contributed by atoms with Crippen molar-refractivity contribution in [3.63, 3.8) is 0 Å². The van der Waals surface area contributed by atoms with Crippen molar-refractivity contribution in [3.8, 4) is 0 Å². The predicted octanol–water partition coefficient (Wildman–Crippen LogP) is 3.17. The monoisotopic (exact) mass is 272 g/mol. The molecule has 1 amide bonds. The van der Waals surface area contributed by atoms with Crippen molar-refractivity contribution >= 4 is 11.6 Å². The second-order valence-corrected chi connectivity index (χ2v) is 6.25. The van der Waals surface area contributed by atoms with Gasteiger partial charge in [0.05, 0.1) is 0 Å². The zero-order valence-electron chi connectivity index (χ0n) is 12.1. The fraction of sp³-hybridized carbons (Fsp3) is 0.588. The van der Waals surface area contributed by atoms with Crippen LogP contribution in [0.1, 0.15) is 50.0 Å². The van der Waals surface area contributed by atoms with Crippen molar-refractivity contribution in [1.82, 2.24) is 4.90 Å². The smallest absolute Gasteiger partial charge is 0.225 e. The van der Waals surface area contributed by atoms with E-state index in [0.717, 1.165) is 44.5 Å². The molecule has 20 heavy (non-hydrogen) atoms. The second kappa shape index (κ2) is 5.86. The first-order valence-electron chi connectivity index (χ1n) is 7.88. The molecule has 0 atom stereocenters. The van der Waals surface area contributed by atoms with Gasteiger partial charge in [-0.3, -0.25) is 4.79 Å². The summed E-state index contributed by atoms with van der Waals surface area (Å²) in [5.41, 5.74) is 7.92. The van der Waals surface area contributed by atoms with Gasteiger partial charge in [0.2, 0.25) is 5.91 Å². The van der Waals surface area contributed by atoms with Crippen LogP contribution in [0, 0.1) is 5.92 Å². The van der Waals surface area contributed by atoms with Gasteiger partial charge in [0.1, 0.15) is 0 Å². The lowest BCUT2D eigenvalue weighted by Gasteiger charge is -2.33. The SMILES string of the molecule is Nc1ccc(C2CCN(C(=O)C3CCCC3)CC2)cc1. The van der Waals surface area contributed by atoms with Gasteiger partial charge in [0.15, 0.2) is 0 Å². The van der Waals surface area contributed by atoms with Crippen LogP contribution < -0.4 is 5.73 Å². The van der Waals surface area contributed by atoms with Crippen molar-refractivity contribution in [2.45, 2.75) is 44.4 Å². The maximum atomic E-state index is 12.4. The number of nitrogens with zero attached hydrogens (tertiary/aromatic N) is 1. The van der Waals surface area contributed by atoms with Crippen molar-refractivity contribution in [3.05, 3.63) is 29.8 Å². The first kappa shape index (κ1) is 13.5. The number of benzene rings is 1. The summed E-state index contributed by atoms with van der Waals surface area (Å²) in [6, 6.07) is 8.22. The Morgan fingerprint density at radius 1 is 1.00 bits per heavy atom. The molecule has 108 valence electrons. The summed E-state index contributed by atoms with van der Waals surface area (Å²) < 4.78 is 0. The van der Waals surface area contributed by atoms with Crippen molar-refractivity contribution in [1.29, 1.82) is 0 Å². The van der Waals surface area contributed by atoms with E-state index in [1.54, 1.807) is 0 Å². The summed E-state index contributed by atoms with van der Waals surface area (Å²) >= 11 is 0. The van der Waals surface area contributed by atoms with E-state index in [0.29, 0.717) is 17.7 Å². The maximum Gasteiger partial charge on any atom is 0.225 e. The largest absolute Gasteiger partial charge is 0.399 e. The molecule has 0 spiro atoms. The summed E-state index contributed by atoms with van der Waals surface area (Å²) in [4.78, 5) is 14.5. The van der Waals surface area contributed by atoms with Gasteiger partial charge in [-0.15, -0.1) is 0 Å². The number of likely N-dealkylation sites (tertiary alicyclic amines) is 1. The fourth-order valence-corrected chi connectivity index (χ4v) is 3.63. The number of anilines is 1. The Labute approximate surface area is 121 Å². The van der Waals surface area contributed by atoms with Crippen LogP contribution in [0.3, 0.4) is 0 Å². The highest BCUT2D eigenvalue weighted by Gasteiger charge is 2.30.